The lowest BCUT2D eigenvalue weighted by molar-refractivity contribution is 0.597. The van der Waals surface area contributed by atoms with E-state index in [1.165, 1.54) is 18.3 Å². The van der Waals surface area contributed by atoms with E-state index >= 15 is 0 Å². The molecule has 130 valence electrons. The molecule has 8 nitrogen and oxygen atoms in total. The molecule has 1 aromatic heterocycles. The maximum absolute atomic E-state index is 12.2. The first-order valence-corrected chi connectivity index (χ1v) is 10.9. The molecule has 10 heteroatoms. The van der Waals surface area contributed by atoms with E-state index in [9.17, 15) is 16.8 Å². The fraction of sp³-hybridized carbons (Fsp3) is 0.200. The van der Waals surface area contributed by atoms with Crippen molar-refractivity contribution in [3.8, 4) is 11.1 Å². The van der Waals surface area contributed by atoms with E-state index in [0.29, 0.717) is 16.7 Å². The minimum atomic E-state index is -3.53. The highest BCUT2D eigenvalue weighted by atomic mass is 32.2. The second-order valence-electron chi connectivity index (χ2n) is 5.47. The number of hydrogen-bond donors (Lipinski definition) is 0. The van der Waals surface area contributed by atoms with Gasteiger partial charge in [0.1, 0.15) is 0 Å². The summed E-state index contributed by atoms with van der Waals surface area (Å²) in [5.74, 6) is 0.225. The van der Waals surface area contributed by atoms with Crippen LogP contribution in [0.4, 0.5) is 0 Å². The van der Waals surface area contributed by atoms with Gasteiger partial charge in [-0.1, -0.05) is 12.1 Å². The van der Waals surface area contributed by atoms with Crippen LogP contribution in [0.3, 0.4) is 0 Å². The minimum absolute atomic E-state index is 0.0602. The van der Waals surface area contributed by atoms with Gasteiger partial charge in [-0.2, -0.15) is 5.11 Å². The second-order valence-corrected chi connectivity index (χ2v) is 9.42. The Morgan fingerprint density at radius 2 is 1.72 bits per heavy atom. The predicted octanol–water partition coefficient (Wildman–Crippen LogP) is 1.73. The fourth-order valence-electron chi connectivity index (χ4n) is 2.43. The van der Waals surface area contributed by atoms with Crippen LogP contribution in [-0.4, -0.2) is 46.8 Å². The Morgan fingerprint density at radius 3 is 2.24 bits per heavy atom. The smallest absolute Gasteiger partial charge is 0.192 e. The van der Waals surface area contributed by atoms with Gasteiger partial charge in [0.25, 0.3) is 0 Å². The number of benzene rings is 1. The van der Waals surface area contributed by atoms with Gasteiger partial charge in [-0.25, -0.2) is 26.8 Å². The fourth-order valence-corrected chi connectivity index (χ4v) is 3.89. The van der Waals surface area contributed by atoms with Crippen LogP contribution < -0.4 is 0 Å². The van der Waals surface area contributed by atoms with Gasteiger partial charge >= 0.3 is 0 Å². The van der Waals surface area contributed by atoms with Crippen molar-refractivity contribution in [1.82, 2.24) is 4.98 Å². The number of azo groups is 1. The molecule has 0 fully saturated rings. The molecule has 1 aliphatic heterocycles. The van der Waals surface area contributed by atoms with Gasteiger partial charge in [-0.3, -0.25) is 0 Å². The predicted molar refractivity (Wildman–Crippen MR) is 92.2 cm³/mol. The van der Waals surface area contributed by atoms with Crippen molar-refractivity contribution in [2.24, 2.45) is 15.2 Å². The van der Waals surface area contributed by atoms with E-state index < -0.39 is 19.7 Å². The molecule has 0 spiro atoms. The molecule has 25 heavy (non-hydrogen) atoms. The maximum atomic E-state index is 12.2. The highest BCUT2D eigenvalue weighted by molar-refractivity contribution is 7.91. The molecular weight excluding hydrogens is 364 g/mol. The molecule has 0 saturated heterocycles. The zero-order valence-corrected chi connectivity index (χ0v) is 15.0. The number of nitrogens with zero attached hydrogens (tertiary/aromatic N) is 4. The highest BCUT2D eigenvalue weighted by Crippen LogP contribution is 2.31. The Morgan fingerprint density at radius 1 is 0.960 bits per heavy atom. The number of rotatable bonds is 4. The molecule has 1 aromatic carbocycles. The molecule has 0 atom stereocenters. The van der Waals surface area contributed by atoms with Gasteiger partial charge in [0.15, 0.2) is 37.2 Å². The first kappa shape index (κ1) is 17.4. The van der Waals surface area contributed by atoms with Gasteiger partial charge in [0, 0.05) is 29.8 Å². The van der Waals surface area contributed by atoms with Gasteiger partial charge in [-0.15, -0.1) is 5.11 Å². The Bertz CT molecular complexity index is 1100. The lowest BCUT2D eigenvalue weighted by atomic mass is 10.0. The topological polar surface area (TPSA) is 118 Å². The van der Waals surface area contributed by atoms with Crippen LogP contribution in [0.25, 0.3) is 11.1 Å². The average Bonchev–Trinajstić information content (AvgIpc) is 3.07. The van der Waals surface area contributed by atoms with Crippen LogP contribution in [0.1, 0.15) is 5.56 Å². The molecule has 0 aliphatic carbocycles. The van der Waals surface area contributed by atoms with Crippen LogP contribution in [-0.2, 0) is 19.7 Å². The first-order valence-electron chi connectivity index (χ1n) is 7.10. The molecule has 3 rings (SSSR count). The zero-order chi connectivity index (χ0) is 18.2. The molecule has 0 bridgehead atoms. The summed E-state index contributed by atoms with van der Waals surface area (Å²) in [7, 11) is -6.95. The van der Waals surface area contributed by atoms with Crippen LogP contribution in [0, 0.1) is 0 Å². The molecule has 0 amide bonds. The molecule has 1 aliphatic rings. The Hall–Kier alpha value is -2.46. The van der Waals surface area contributed by atoms with Crippen LogP contribution in [0.15, 0.2) is 61.7 Å². The molecular formula is C15H14N4O4S2. The monoisotopic (exact) mass is 378 g/mol. The lowest BCUT2D eigenvalue weighted by Gasteiger charge is -2.12. The summed E-state index contributed by atoms with van der Waals surface area (Å²) in [4.78, 5) is 8.16. The Labute approximate surface area is 145 Å². The van der Waals surface area contributed by atoms with E-state index in [-0.39, 0.29) is 22.4 Å². The van der Waals surface area contributed by atoms with Crippen molar-refractivity contribution in [3.63, 3.8) is 0 Å². The number of hydrogen-bond acceptors (Lipinski definition) is 8. The second kappa shape index (κ2) is 6.12. The summed E-state index contributed by atoms with van der Waals surface area (Å²) < 4.78 is 47.4. The summed E-state index contributed by atoms with van der Waals surface area (Å²) >= 11 is 0. The van der Waals surface area contributed by atoms with Crippen molar-refractivity contribution in [2.45, 2.75) is 9.92 Å². The summed E-state index contributed by atoms with van der Waals surface area (Å²) in [6.45, 7) is 0.137. The first-order chi connectivity index (χ1) is 11.7. The van der Waals surface area contributed by atoms with E-state index in [4.69, 9.17) is 0 Å². The molecule has 0 saturated carbocycles. The van der Waals surface area contributed by atoms with E-state index in [1.807, 2.05) is 0 Å². The lowest BCUT2D eigenvalue weighted by Crippen LogP contribution is -2.09. The largest absolute Gasteiger partial charge is 0.244 e. The van der Waals surface area contributed by atoms with Crippen molar-refractivity contribution < 1.29 is 16.8 Å². The standard InChI is InChI=1S/C15H14N4O4S2/c1-24(20,21)12-5-3-4-11(14(12)15-17-9-18-19-15)10-6-7-13(16-8-10)25(2,22)23/h3-8H,9H2,1-2H3. The van der Waals surface area contributed by atoms with Crippen molar-refractivity contribution in [1.29, 1.82) is 0 Å². The summed E-state index contributed by atoms with van der Waals surface area (Å²) in [5, 5.41) is 7.63. The molecule has 2 heterocycles. The van der Waals surface area contributed by atoms with Crippen molar-refractivity contribution >= 4 is 25.5 Å². The highest BCUT2D eigenvalue weighted by Gasteiger charge is 2.23. The van der Waals surface area contributed by atoms with Crippen LogP contribution in [0.5, 0.6) is 0 Å². The maximum Gasteiger partial charge on any atom is 0.192 e. The quantitative estimate of drug-likeness (QED) is 0.802. The number of pyridine rings is 1. The SMILES string of the molecule is CS(=O)(=O)c1ccc(-c2cccc(S(C)(=O)=O)c2C2=NCN=N2)cn1. The van der Waals surface area contributed by atoms with Gasteiger partial charge in [0.05, 0.1) is 4.90 Å². The normalized spacial score (nSPS) is 14.6. The number of aromatic nitrogens is 1. The zero-order valence-electron chi connectivity index (χ0n) is 13.4. The summed E-state index contributed by atoms with van der Waals surface area (Å²) in [5.41, 5.74) is 1.42. The van der Waals surface area contributed by atoms with E-state index in [0.717, 1.165) is 12.5 Å². The number of sulfone groups is 2. The van der Waals surface area contributed by atoms with Crippen molar-refractivity contribution in [3.05, 3.63) is 42.1 Å². The third-order valence-electron chi connectivity index (χ3n) is 3.53. The van der Waals surface area contributed by atoms with Gasteiger partial charge in [-0.05, 0) is 23.8 Å². The van der Waals surface area contributed by atoms with Crippen LogP contribution in [0.2, 0.25) is 0 Å². The molecule has 0 unspecified atom stereocenters. The molecule has 2 aromatic rings. The average molecular weight is 378 g/mol. The molecule has 0 radical (unpaired) electrons. The van der Waals surface area contributed by atoms with E-state index in [1.54, 1.807) is 18.2 Å². The third-order valence-corrected chi connectivity index (χ3v) is 5.67. The van der Waals surface area contributed by atoms with Gasteiger partial charge in [0.2, 0.25) is 0 Å². The van der Waals surface area contributed by atoms with Gasteiger partial charge < -0.3 is 0 Å². The molecule has 0 N–H and O–H groups in total. The number of amidine groups is 1. The van der Waals surface area contributed by atoms with Crippen molar-refractivity contribution in [2.75, 3.05) is 19.2 Å². The number of aliphatic imine (C=N–C) groups is 1. The third kappa shape index (κ3) is 3.49. The minimum Gasteiger partial charge on any atom is -0.244 e. The van der Waals surface area contributed by atoms with E-state index in [2.05, 4.69) is 20.2 Å². The Balaban J connectivity index is 2.25. The summed E-state index contributed by atoms with van der Waals surface area (Å²) in [6.07, 6.45) is 3.56. The van der Waals surface area contributed by atoms with Crippen LogP contribution >= 0.6 is 0 Å². The summed E-state index contributed by atoms with van der Waals surface area (Å²) in [6, 6.07) is 7.73. The Kier molecular flexibility index (Phi) is 4.25.